The van der Waals surface area contributed by atoms with Gasteiger partial charge in [-0.2, -0.15) is 0 Å². The van der Waals surface area contributed by atoms with Crippen molar-refractivity contribution in [3.63, 3.8) is 0 Å². The first kappa shape index (κ1) is 22.5. The molecule has 3 aliphatic heterocycles. The summed E-state index contributed by atoms with van der Waals surface area (Å²) < 4.78 is 5.50. The Labute approximate surface area is 188 Å². The Hall–Kier alpha value is -1.67. The molecule has 3 saturated heterocycles. The van der Waals surface area contributed by atoms with E-state index in [2.05, 4.69) is 60.2 Å². The largest absolute Gasteiger partial charge is 0.379 e. The van der Waals surface area contributed by atoms with Crippen LogP contribution < -0.4 is 5.32 Å². The topological polar surface area (TPSA) is 46.6 Å². The van der Waals surface area contributed by atoms with Crippen LogP contribution in [0.3, 0.4) is 0 Å². The maximum Gasteiger partial charge on any atom is 0.193 e. The second-order valence-corrected chi connectivity index (χ2v) is 8.97. The van der Waals surface area contributed by atoms with Gasteiger partial charge in [0.15, 0.2) is 5.96 Å². The van der Waals surface area contributed by atoms with Gasteiger partial charge < -0.3 is 19.9 Å². The molecule has 0 aliphatic carbocycles. The van der Waals surface area contributed by atoms with Crippen LogP contribution in [0.25, 0.3) is 0 Å². The monoisotopic (exact) mass is 428 g/mol. The van der Waals surface area contributed by atoms with Gasteiger partial charge in [-0.25, -0.2) is 0 Å². The van der Waals surface area contributed by atoms with Crippen LogP contribution in [0.5, 0.6) is 0 Å². The summed E-state index contributed by atoms with van der Waals surface area (Å²) in [5, 5.41) is 3.61. The Morgan fingerprint density at radius 1 is 1.00 bits per heavy atom. The van der Waals surface area contributed by atoms with Crippen molar-refractivity contribution >= 4 is 5.96 Å². The fourth-order valence-corrected chi connectivity index (χ4v) is 5.02. The van der Waals surface area contributed by atoms with Crippen molar-refractivity contribution in [1.82, 2.24) is 24.9 Å². The van der Waals surface area contributed by atoms with E-state index in [1.165, 1.54) is 51.1 Å². The highest BCUT2D eigenvalue weighted by Crippen LogP contribution is 2.17. The lowest BCUT2D eigenvalue weighted by Crippen LogP contribution is -2.47. The summed E-state index contributed by atoms with van der Waals surface area (Å²) in [6.45, 7) is 14.0. The van der Waals surface area contributed by atoms with E-state index in [0.29, 0.717) is 6.04 Å². The molecule has 0 aromatic heterocycles. The zero-order chi connectivity index (χ0) is 21.3. The van der Waals surface area contributed by atoms with Crippen LogP contribution in [-0.2, 0) is 11.3 Å². The van der Waals surface area contributed by atoms with Crippen molar-refractivity contribution in [2.24, 2.45) is 4.99 Å². The number of aliphatic imine (C=N–C) groups is 1. The molecule has 4 rings (SSSR count). The number of benzene rings is 1. The highest BCUT2D eigenvalue weighted by molar-refractivity contribution is 5.80. The van der Waals surface area contributed by atoms with E-state index < -0.39 is 0 Å². The van der Waals surface area contributed by atoms with Gasteiger partial charge in [0.1, 0.15) is 0 Å². The van der Waals surface area contributed by atoms with E-state index in [4.69, 9.17) is 4.74 Å². The number of piperazine rings is 1. The number of hydrogen-bond donors (Lipinski definition) is 1. The molecular weight excluding hydrogens is 388 g/mol. The van der Waals surface area contributed by atoms with Crippen molar-refractivity contribution in [3.8, 4) is 0 Å². The van der Waals surface area contributed by atoms with Crippen LogP contribution in [0.15, 0.2) is 35.3 Å². The maximum atomic E-state index is 5.50. The third kappa shape index (κ3) is 6.65. The van der Waals surface area contributed by atoms with Gasteiger partial charge in [-0.1, -0.05) is 30.3 Å². The standard InChI is InChI=1S/C24H40N6O/c1-25-24(30-11-8-23(21-30)29-16-18-31-19-17-29)26-9-5-10-27-12-14-28(15-13-27)20-22-6-3-2-4-7-22/h2-4,6-7,23H,5,8-21H2,1H3,(H,25,26). The zero-order valence-corrected chi connectivity index (χ0v) is 19.2. The normalized spacial score (nSPS) is 24.6. The van der Waals surface area contributed by atoms with Gasteiger partial charge in [-0.15, -0.1) is 0 Å². The average molecular weight is 429 g/mol. The third-order valence-corrected chi connectivity index (χ3v) is 6.88. The van der Waals surface area contributed by atoms with E-state index >= 15 is 0 Å². The molecule has 0 bridgehead atoms. The van der Waals surface area contributed by atoms with Crippen LogP contribution in [0.4, 0.5) is 0 Å². The molecule has 3 aliphatic rings. The first-order valence-corrected chi connectivity index (χ1v) is 12.1. The second kappa shape index (κ2) is 11.8. The lowest BCUT2D eigenvalue weighted by Gasteiger charge is -2.34. The molecule has 1 aromatic carbocycles. The van der Waals surface area contributed by atoms with E-state index in [-0.39, 0.29) is 0 Å². The summed E-state index contributed by atoms with van der Waals surface area (Å²) in [5.74, 6) is 1.07. The SMILES string of the molecule is CN=C(NCCCN1CCN(Cc2ccccc2)CC1)N1CCC(N2CCOCC2)C1. The summed E-state index contributed by atoms with van der Waals surface area (Å²) >= 11 is 0. The predicted octanol–water partition coefficient (Wildman–Crippen LogP) is 1.18. The molecule has 1 unspecified atom stereocenters. The summed E-state index contributed by atoms with van der Waals surface area (Å²) in [5.41, 5.74) is 1.42. The zero-order valence-electron chi connectivity index (χ0n) is 19.2. The Kier molecular flexibility index (Phi) is 8.58. The lowest BCUT2D eigenvalue weighted by molar-refractivity contribution is 0.0195. The Morgan fingerprint density at radius 3 is 2.48 bits per heavy atom. The number of nitrogens with one attached hydrogen (secondary N) is 1. The van der Waals surface area contributed by atoms with Gasteiger partial charge in [0, 0.05) is 78.5 Å². The summed E-state index contributed by atoms with van der Waals surface area (Å²) in [7, 11) is 1.91. The molecule has 3 heterocycles. The Bertz CT molecular complexity index is 670. The highest BCUT2D eigenvalue weighted by Gasteiger charge is 2.30. The van der Waals surface area contributed by atoms with Gasteiger partial charge in [-0.3, -0.25) is 14.8 Å². The Balaban J connectivity index is 1.10. The van der Waals surface area contributed by atoms with Gasteiger partial charge in [0.05, 0.1) is 13.2 Å². The average Bonchev–Trinajstić information content (AvgIpc) is 3.32. The fourth-order valence-electron chi connectivity index (χ4n) is 5.02. The minimum Gasteiger partial charge on any atom is -0.379 e. The lowest BCUT2D eigenvalue weighted by atomic mass is 10.2. The smallest absolute Gasteiger partial charge is 0.193 e. The van der Waals surface area contributed by atoms with E-state index in [0.717, 1.165) is 58.4 Å². The van der Waals surface area contributed by atoms with Crippen molar-refractivity contribution in [2.45, 2.75) is 25.4 Å². The van der Waals surface area contributed by atoms with Gasteiger partial charge in [0.2, 0.25) is 0 Å². The molecule has 0 saturated carbocycles. The molecule has 7 heteroatoms. The molecule has 7 nitrogen and oxygen atoms in total. The minimum atomic E-state index is 0.648. The second-order valence-electron chi connectivity index (χ2n) is 8.97. The van der Waals surface area contributed by atoms with Gasteiger partial charge in [0.25, 0.3) is 0 Å². The highest BCUT2D eigenvalue weighted by atomic mass is 16.5. The van der Waals surface area contributed by atoms with Crippen LogP contribution in [-0.4, -0.2) is 117 Å². The number of ether oxygens (including phenoxy) is 1. The predicted molar refractivity (Wildman–Crippen MR) is 127 cm³/mol. The molecule has 3 fully saturated rings. The molecule has 31 heavy (non-hydrogen) atoms. The van der Waals surface area contributed by atoms with Crippen LogP contribution >= 0.6 is 0 Å². The van der Waals surface area contributed by atoms with Crippen molar-refractivity contribution < 1.29 is 4.74 Å². The number of hydrogen-bond acceptors (Lipinski definition) is 5. The van der Waals surface area contributed by atoms with E-state index in [1.54, 1.807) is 0 Å². The number of nitrogens with zero attached hydrogens (tertiary/aromatic N) is 5. The van der Waals surface area contributed by atoms with Crippen molar-refractivity contribution in [3.05, 3.63) is 35.9 Å². The Morgan fingerprint density at radius 2 is 1.74 bits per heavy atom. The number of morpholine rings is 1. The third-order valence-electron chi connectivity index (χ3n) is 6.88. The van der Waals surface area contributed by atoms with Crippen molar-refractivity contribution in [2.75, 3.05) is 85.7 Å². The molecule has 0 amide bonds. The van der Waals surface area contributed by atoms with Crippen LogP contribution in [0.1, 0.15) is 18.4 Å². The van der Waals surface area contributed by atoms with Gasteiger partial charge >= 0.3 is 0 Å². The van der Waals surface area contributed by atoms with Gasteiger partial charge in [-0.05, 0) is 24.9 Å². The fraction of sp³-hybridized carbons (Fsp3) is 0.708. The molecule has 1 N–H and O–H groups in total. The maximum absolute atomic E-state index is 5.50. The molecule has 0 radical (unpaired) electrons. The molecule has 0 spiro atoms. The summed E-state index contributed by atoms with van der Waals surface area (Å²) in [6, 6.07) is 11.5. The first-order valence-electron chi connectivity index (χ1n) is 12.1. The minimum absolute atomic E-state index is 0.648. The number of guanidine groups is 1. The van der Waals surface area contributed by atoms with Crippen LogP contribution in [0, 0.1) is 0 Å². The molecule has 1 aromatic rings. The first-order chi connectivity index (χ1) is 15.3. The molecule has 1 atom stereocenters. The van der Waals surface area contributed by atoms with E-state index in [1.807, 2.05) is 7.05 Å². The van der Waals surface area contributed by atoms with E-state index in [9.17, 15) is 0 Å². The summed E-state index contributed by atoms with van der Waals surface area (Å²) in [6.07, 6.45) is 2.40. The number of likely N-dealkylation sites (tertiary alicyclic amines) is 1. The van der Waals surface area contributed by atoms with Crippen molar-refractivity contribution in [1.29, 1.82) is 0 Å². The summed E-state index contributed by atoms with van der Waals surface area (Å²) in [4.78, 5) is 14.8. The quantitative estimate of drug-likeness (QED) is 0.400. The van der Waals surface area contributed by atoms with Crippen LogP contribution in [0.2, 0.25) is 0 Å². The molecule has 172 valence electrons. The molecular formula is C24H40N6O. The number of rotatable bonds is 7.